The van der Waals surface area contributed by atoms with Crippen molar-refractivity contribution in [3.05, 3.63) is 90.0 Å². The molecule has 0 aliphatic carbocycles. The molecule has 1 amide bonds. The Bertz CT molecular complexity index is 1010. The van der Waals surface area contributed by atoms with Crippen molar-refractivity contribution in [2.75, 3.05) is 11.9 Å². The number of amides is 1. The Morgan fingerprint density at radius 3 is 2.10 bits per heavy atom. The highest BCUT2D eigenvalue weighted by Gasteiger charge is 2.12. The monoisotopic (exact) mass is 387 g/mol. The van der Waals surface area contributed by atoms with Crippen LogP contribution in [0.4, 0.5) is 5.69 Å². The van der Waals surface area contributed by atoms with Crippen LogP contribution in [0, 0.1) is 0 Å². The minimum absolute atomic E-state index is 0.0758. The van der Waals surface area contributed by atoms with Crippen LogP contribution in [0.2, 0.25) is 0 Å². The molecule has 5 heteroatoms. The smallest absolute Gasteiger partial charge is 0.310 e. The van der Waals surface area contributed by atoms with Gasteiger partial charge in [0.1, 0.15) is 0 Å². The van der Waals surface area contributed by atoms with Crippen LogP contribution in [-0.2, 0) is 20.7 Å². The van der Waals surface area contributed by atoms with Crippen molar-refractivity contribution in [1.29, 1.82) is 0 Å². The molecule has 0 aliphatic rings. The van der Waals surface area contributed by atoms with Gasteiger partial charge in [-0.15, -0.1) is 0 Å². The SMILES string of the molecule is CC(=O)c1ccccc1NC(=O)COC(=O)Cc1ccc(-c2ccccc2)cc1. The second-order valence-corrected chi connectivity index (χ2v) is 6.55. The molecule has 0 spiro atoms. The quantitative estimate of drug-likeness (QED) is 0.485. The molecule has 1 N–H and O–H groups in total. The lowest BCUT2D eigenvalue weighted by molar-refractivity contribution is -0.146. The Balaban J connectivity index is 1.51. The fourth-order valence-electron chi connectivity index (χ4n) is 2.89. The lowest BCUT2D eigenvalue weighted by atomic mass is 10.0. The van der Waals surface area contributed by atoms with Crippen molar-refractivity contribution in [2.24, 2.45) is 0 Å². The van der Waals surface area contributed by atoms with Crippen LogP contribution in [-0.4, -0.2) is 24.3 Å². The highest BCUT2D eigenvalue weighted by atomic mass is 16.5. The number of rotatable bonds is 7. The van der Waals surface area contributed by atoms with E-state index in [2.05, 4.69) is 5.32 Å². The molecule has 3 aromatic rings. The number of ketones is 1. The summed E-state index contributed by atoms with van der Waals surface area (Å²) < 4.78 is 5.06. The highest BCUT2D eigenvalue weighted by molar-refractivity contribution is 6.04. The number of Topliss-reactive ketones (excluding diaryl/α,β-unsaturated/α-hetero) is 1. The minimum atomic E-state index is -0.494. The van der Waals surface area contributed by atoms with Gasteiger partial charge in [-0.3, -0.25) is 14.4 Å². The number of carbonyl (C=O) groups excluding carboxylic acids is 3. The van der Waals surface area contributed by atoms with Crippen molar-refractivity contribution < 1.29 is 19.1 Å². The maximum Gasteiger partial charge on any atom is 0.310 e. The number of hydrogen-bond donors (Lipinski definition) is 1. The number of nitrogens with one attached hydrogen (secondary N) is 1. The summed E-state index contributed by atoms with van der Waals surface area (Å²) in [5.74, 6) is -1.14. The van der Waals surface area contributed by atoms with Gasteiger partial charge < -0.3 is 10.1 Å². The number of carbonyl (C=O) groups is 3. The van der Waals surface area contributed by atoms with Crippen LogP contribution in [0.25, 0.3) is 11.1 Å². The molecular weight excluding hydrogens is 366 g/mol. The van der Waals surface area contributed by atoms with E-state index < -0.39 is 18.5 Å². The molecule has 0 atom stereocenters. The van der Waals surface area contributed by atoms with E-state index in [1.165, 1.54) is 6.92 Å². The van der Waals surface area contributed by atoms with Crippen molar-refractivity contribution in [2.45, 2.75) is 13.3 Å². The molecule has 146 valence electrons. The number of para-hydroxylation sites is 1. The lowest BCUT2D eigenvalue weighted by Crippen LogP contribution is -2.22. The average Bonchev–Trinajstić information content (AvgIpc) is 2.74. The molecule has 3 rings (SSSR count). The Kier molecular flexibility index (Phi) is 6.53. The molecule has 0 unspecified atom stereocenters. The van der Waals surface area contributed by atoms with Crippen molar-refractivity contribution in [3.8, 4) is 11.1 Å². The molecule has 29 heavy (non-hydrogen) atoms. The number of hydrogen-bond acceptors (Lipinski definition) is 4. The average molecular weight is 387 g/mol. The van der Waals surface area contributed by atoms with E-state index in [-0.39, 0.29) is 12.2 Å². The Hall–Kier alpha value is -3.73. The van der Waals surface area contributed by atoms with Crippen molar-refractivity contribution in [1.82, 2.24) is 0 Å². The second-order valence-electron chi connectivity index (χ2n) is 6.55. The number of esters is 1. The van der Waals surface area contributed by atoms with Gasteiger partial charge in [-0.25, -0.2) is 0 Å². The Labute approximate surface area is 169 Å². The van der Waals surface area contributed by atoms with Gasteiger partial charge in [0.25, 0.3) is 5.91 Å². The van der Waals surface area contributed by atoms with Crippen LogP contribution >= 0.6 is 0 Å². The molecular formula is C24H21NO4. The van der Waals surface area contributed by atoms with Crippen LogP contribution in [0.15, 0.2) is 78.9 Å². The summed E-state index contributed by atoms with van der Waals surface area (Å²) in [4.78, 5) is 35.7. The maximum absolute atomic E-state index is 12.0. The predicted molar refractivity (Wildman–Crippen MR) is 112 cm³/mol. The van der Waals surface area contributed by atoms with E-state index in [1.807, 2.05) is 54.6 Å². The van der Waals surface area contributed by atoms with Crippen LogP contribution < -0.4 is 5.32 Å². The normalized spacial score (nSPS) is 10.2. The first-order valence-corrected chi connectivity index (χ1v) is 9.23. The minimum Gasteiger partial charge on any atom is -0.455 e. The third-order valence-corrected chi connectivity index (χ3v) is 4.35. The standard InChI is InChI=1S/C24H21NO4/c1-17(26)21-9-5-6-10-22(21)25-23(27)16-29-24(28)15-18-11-13-20(14-12-18)19-7-3-2-4-8-19/h2-14H,15-16H2,1H3,(H,25,27). The summed E-state index contributed by atoms with van der Waals surface area (Å²) in [5.41, 5.74) is 3.77. The third-order valence-electron chi connectivity index (χ3n) is 4.35. The molecule has 0 bridgehead atoms. The first-order valence-electron chi connectivity index (χ1n) is 9.23. The molecule has 0 saturated carbocycles. The van der Waals surface area contributed by atoms with Crippen LogP contribution in [0.3, 0.4) is 0 Å². The van der Waals surface area contributed by atoms with Gasteiger partial charge in [0.2, 0.25) is 0 Å². The van der Waals surface area contributed by atoms with E-state index in [9.17, 15) is 14.4 Å². The molecule has 0 fully saturated rings. The summed E-state index contributed by atoms with van der Waals surface area (Å²) >= 11 is 0. The highest BCUT2D eigenvalue weighted by Crippen LogP contribution is 2.19. The fourth-order valence-corrected chi connectivity index (χ4v) is 2.89. The second kappa shape index (κ2) is 9.46. The Morgan fingerprint density at radius 2 is 1.41 bits per heavy atom. The van der Waals surface area contributed by atoms with E-state index in [4.69, 9.17) is 4.74 Å². The molecule has 0 radical (unpaired) electrons. The first-order chi connectivity index (χ1) is 14.0. The predicted octanol–water partition coefficient (Wildman–Crippen LogP) is 4.28. The molecule has 0 saturated heterocycles. The topological polar surface area (TPSA) is 72.5 Å². The summed E-state index contributed by atoms with van der Waals surface area (Å²) in [6, 6.07) is 24.3. The van der Waals surface area contributed by atoms with Gasteiger partial charge in [-0.05, 0) is 35.7 Å². The van der Waals surface area contributed by atoms with E-state index in [1.54, 1.807) is 24.3 Å². The van der Waals surface area contributed by atoms with Crippen molar-refractivity contribution in [3.63, 3.8) is 0 Å². The third kappa shape index (κ3) is 5.62. The van der Waals surface area contributed by atoms with Gasteiger partial charge in [-0.2, -0.15) is 0 Å². The number of benzene rings is 3. The maximum atomic E-state index is 12.0. The largest absolute Gasteiger partial charge is 0.455 e. The number of anilines is 1. The Morgan fingerprint density at radius 1 is 0.793 bits per heavy atom. The molecule has 0 aromatic heterocycles. The lowest BCUT2D eigenvalue weighted by Gasteiger charge is -2.09. The van der Waals surface area contributed by atoms with E-state index in [0.717, 1.165) is 16.7 Å². The molecule has 0 aliphatic heterocycles. The summed E-state index contributed by atoms with van der Waals surface area (Å²) in [6.45, 7) is 1.02. The van der Waals surface area contributed by atoms with Crippen LogP contribution in [0.5, 0.6) is 0 Å². The molecule has 3 aromatic carbocycles. The number of ether oxygens (including phenoxy) is 1. The van der Waals surface area contributed by atoms with Gasteiger partial charge in [-0.1, -0.05) is 66.7 Å². The first kappa shape index (κ1) is 20.0. The zero-order chi connectivity index (χ0) is 20.6. The van der Waals surface area contributed by atoms with Gasteiger partial charge >= 0.3 is 5.97 Å². The molecule has 5 nitrogen and oxygen atoms in total. The fraction of sp³-hybridized carbons (Fsp3) is 0.125. The summed E-state index contributed by atoms with van der Waals surface area (Å²) in [7, 11) is 0. The zero-order valence-corrected chi connectivity index (χ0v) is 16.1. The van der Waals surface area contributed by atoms with E-state index >= 15 is 0 Å². The van der Waals surface area contributed by atoms with Gasteiger partial charge in [0.05, 0.1) is 12.1 Å². The summed E-state index contributed by atoms with van der Waals surface area (Å²) in [5, 5.41) is 2.60. The zero-order valence-electron chi connectivity index (χ0n) is 16.1. The van der Waals surface area contributed by atoms with E-state index in [0.29, 0.717) is 11.3 Å². The van der Waals surface area contributed by atoms with Gasteiger partial charge in [0, 0.05) is 5.56 Å². The molecule has 0 heterocycles. The van der Waals surface area contributed by atoms with Crippen molar-refractivity contribution >= 4 is 23.3 Å². The summed E-state index contributed by atoms with van der Waals surface area (Å²) in [6.07, 6.45) is 0.0758. The van der Waals surface area contributed by atoms with Crippen LogP contribution in [0.1, 0.15) is 22.8 Å². The van der Waals surface area contributed by atoms with Gasteiger partial charge in [0.15, 0.2) is 12.4 Å².